The van der Waals surface area contributed by atoms with E-state index in [9.17, 15) is 0 Å². The normalized spacial score (nSPS) is 8.60. The lowest BCUT2D eigenvalue weighted by Gasteiger charge is -2.07. The Bertz CT molecular complexity index is 255. The van der Waals surface area contributed by atoms with E-state index < -0.39 is 0 Å². The van der Waals surface area contributed by atoms with Crippen molar-refractivity contribution in [3.05, 3.63) is 34.9 Å². The fourth-order valence-corrected chi connectivity index (χ4v) is 0.972. The first-order valence-corrected chi connectivity index (χ1v) is 5.69. The molecule has 15 heavy (non-hydrogen) atoms. The van der Waals surface area contributed by atoms with Gasteiger partial charge in [0.25, 0.3) is 0 Å². The highest BCUT2D eigenvalue weighted by Crippen LogP contribution is 2.11. The number of hydrogen-bond donors (Lipinski definition) is 2. The van der Waals surface area contributed by atoms with E-state index in [-0.39, 0.29) is 6.17 Å². The van der Waals surface area contributed by atoms with Crippen LogP contribution >= 0.6 is 0 Å². The van der Waals surface area contributed by atoms with Gasteiger partial charge >= 0.3 is 0 Å². The fraction of sp³-hybridized carbons (Fsp3) is 0.538. The Kier molecular flexibility index (Phi) is 10.7. The Hall–Kier alpha value is -0.860. The second-order valence-electron chi connectivity index (χ2n) is 2.87. The van der Waals surface area contributed by atoms with Gasteiger partial charge in [0.05, 0.1) is 6.17 Å². The first kappa shape index (κ1) is 16.6. The van der Waals surface area contributed by atoms with Crippen LogP contribution in [-0.4, -0.2) is 0 Å². The lowest BCUT2D eigenvalue weighted by molar-refractivity contribution is 0.772. The van der Waals surface area contributed by atoms with Crippen LogP contribution in [0, 0.1) is 13.8 Å². The summed E-state index contributed by atoms with van der Waals surface area (Å²) in [4.78, 5) is 0. The Balaban J connectivity index is 0. The van der Waals surface area contributed by atoms with Crippen molar-refractivity contribution in [1.82, 2.24) is 0 Å². The SMILES string of the molecule is CC.CC.Cc1ccc(C(N)N)cc1C. The minimum absolute atomic E-state index is 0.353. The van der Waals surface area contributed by atoms with Gasteiger partial charge in [-0.2, -0.15) is 0 Å². The van der Waals surface area contributed by atoms with Crippen molar-refractivity contribution in [2.75, 3.05) is 0 Å². The maximum absolute atomic E-state index is 5.51. The molecular weight excluding hydrogens is 184 g/mol. The monoisotopic (exact) mass is 210 g/mol. The summed E-state index contributed by atoms with van der Waals surface area (Å²) >= 11 is 0. The van der Waals surface area contributed by atoms with E-state index in [1.165, 1.54) is 11.1 Å². The Morgan fingerprint density at radius 3 is 1.67 bits per heavy atom. The summed E-state index contributed by atoms with van der Waals surface area (Å²) in [5.74, 6) is 0. The van der Waals surface area contributed by atoms with E-state index in [1.54, 1.807) is 0 Å². The third-order valence-electron chi connectivity index (χ3n) is 1.92. The highest BCUT2D eigenvalue weighted by Gasteiger charge is 1.99. The van der Waals surface area contributed by atoms with Crippen LogP contribution in [0.15, 0.2) is 18.2 Å². The molecule has 0 aromatic heterocycles. The van der Waals surface area contributed by atoms with E-state index >= 15 is 0 Å². The van der Waals surface area contributed by atoms with Gasteiger partial charge in [0.15, 0.2) is 0 Å². The second-order valence-corrected chi connectivity index (χ2v) is 2.87. The topological polar surface area (TPSA) is 52.0 Å². The van der Waals surface area contributed by atoms with Crippen molar-refractivity contribution in [2.24, 2.45) is 11.5 Å². The van der Waals surface area contributed by atoms with Gasteiger partial charge < -0.3 is 11.5 Å². The molecule has 4 N–H and O–H groups in total. The minimum Gasteiger partial charge on any atom is -0.312 e. The van der Waals surface area contributed by atoms with Gasteiger partial charge in [-0.25, -0.2) is 0 Å². The zero-order valence-corrected chi connectivity index (χ0v) is 11.0. The largest absolute Gasteiger partial charge is 0.312 e. The molecule has 1 rings (SSSR count). The summed E-state index contributed by atoms with van der Waals surface area (Å²) in [5.41, 5.74) is 14.5. The number of nitrogens with two attached hydrogens (primary N) is 2. The second kappa shape index (κ2) is 9.69. The zero-order valence-electron chi connectivity index (χ0n) is 11.0. The lowest BCUT2D eigenvalue weighted by atomic mass is 10.1. The maximum atomic E-state index is 5.51. The van der Waals surface area contributed by atoms with E-state index in [4.69, 9.17) is 11.5 Å². The summed E-state index contributed by atoms with van der Waals surface area (Å²) in [5, 5.41) is 0. The Labute approximate surface area is 94.7 Å². The third kappa shape index (κ3) is 6.26. The van der Waals surface area contributed by atoms with Crippen LogP contribution in [0.5, 0.6) is 0 Å². The van der Waals surface area contributed by atoms with Crippen molar-refractivity contribution in [3.8, 4) is 0 Å². The predicted octanol–water partition coefficient (Wildman–Crippen LogP) is 3.27. The first-order chi connectivity index (χ1) is 7.11. The molecule has 0 aliphatic carbocycles. The lowest BCUT2D eigenvalue weighted by Crippen LogP contribution is -2.20. The van der Waals surface area contributed by atoms with Crippen molar-refractivity contribution >= 4 is 0 Å². The average Bonchev–Trinajstić information content (AvgIpc) is 2.27. The molecule has 0 heterocycles. The van der Waals surface area contributed by atoms with Crippen molar-refractivity contribution in [2.45, 2.75) is 47.7 Å². The van der Waals surface area contributed by atoms with Crippen LogP contribution < -0.4 is 11.5 Å². The van der Waals surface area contributed by atoms with Crippen LogP contribution in [-0.2, 0) is 0 Å². The first-order valence-electron chi connectivity index (χ1n) is 5.69. The van der Waals surface area contributed by atoms with E-state index in [0.717, 1.165) is 5.56 Å². The molecule has 0 radical (unpaired) electrons. The van der Waals surface area contributed by atoms with Gasteiger partial charge in [0.2, 0.25) is 0 Å². The minimum atomic E-state index is -0.353. The molecule has 1 aromatic carbocycles. The molecule has 0 atom stereocenters. The molecule has 0 bridgehead atoms. The predicted molar refractivity (Wildman–Crippen MR) is 69.7 cm³/mol. The van der Waals surface area contributed by atoms with Crippen LogP contribution in [0.2, 0.25) is 0 Å². The van der Waals surface area contributed by atoms with Crippen LogP contribution in [0.25, 0.3) is 0 Å². The molecule has 0 amide bonds. The molecule has 0 unspecified atom stereocenters. The molecule has 2 heteroatoms. The van der Waals surface area contributed by atoms with Crippen LogP contribution in [0.4, 0.5) is 0 Å². The summed E-state index contributed by atoms with van der Waals surface area (Å²) in [6.45, 7) is 12.1. The highest BCUT2D eigenvalue weighted by atomic mass is 14.8. The average molecular weight is 210 g/mol. The van der Waals surface area contributed by atoms with Gasteiger partial charge in [0, 0.05) is 0 Å². The van der Waals surface area contributed by atoms with Crippen LogP contribution in [0.3, 0.4) is 0 Å². The molecule has 0 spiro atoms. The number of aryl methyl sites for hydroxylation is 2. The van der Waals surface area contributed by atoms with Crippen molar-refractivity contribution in [1.29, 1.82) is 0 Å². The smallest absolute Gasteiger partial charge is 0.0784 e. The van der Waals surface area contributed by atoms with E-state index in [1.807, 2.05) is 45.9 Å². The zero-order chi connectivity index (χ0) is 12.4. The van der Waals surface area contributed by atoms with Gasteiger partial charge in [-0.05, 0) is 30.5 Å². The summed E-state index contributed by atoms with van der Waals surface area (Å²) in [6.07, 6.45) is -0.353. The van der Waals surface area contributed by atoms with Gasteiger partial charge in [-0.1, -0.05) is 45.9 Å². The third-order valence-corrected chi connectivity index (χ3v) is 1.92. The standard InChI is InChI=1S/C9H14N2.2C2H6/c1-6-3-4-8(9(10)11)5-7(6)2;2*1-2/h3-5,9H,10-11H2,1-2H3;2*1-2H3. The Morgan fingerprint density at radius 1 is 0.867 bits per heavy atom. The van der Waals surface area contributed by atoms with Gasteiger partial charge in [-0.15, -0.1) is 0 Å². The van der Waals surface area contributed by atoms with Gasteiger partial charge in [0.1, 0.15) is 0 Å². The van der Waals surface area contributed by atoms with E-state index in [0.29, 0.717) is 0 Å². The van der Waals surface area contributed by atoms with Crippen molar-refractivity contribution < 1.29 is 0 Å². The quantitative estimate of drug-likeness (QED) is 0.699. The molecule has 0 aliphatic rings. The van der Waals surface area contributed by atoms with Crippen LogP contribution in [0.1, 0.15) is 50.6 Å². The number of hydrogen-bond acceptors (Lipinski definition) is 2. The van der Waals surface area contributed by atoms with E-state index in [2.05, 4.69) is 13.8 Å². The molecule has 0 aliphatic heterocycles. The summed E-state index contributed by atoms with van der Waals surface area (Å²) in [6, 6.07) is 6.03. The fourth-order valence-electron chi connectivity index (χ4n) is 0.972. The molecule has 2 nitrogen and oxygen atoms in total. The Morgan fingerprint density at radius 2 is 1.33 bits per heavy atom. The molecule has 88 valence electrons. The maximum Gasteiger partial charge on any atom is 0.0784 e. The number of benzene rings is 1. The summed E-state index contributed by atoms with van der Waals surface area (Å²) < 4.78 is 0. The van der Waals surface area contributed by atoms with Crippen molar-refractivity contribution in [3.63, 3.8) is 0 Å². The molecule has 0 saturated heterocycles. The molecule has 1 aromatic rings. The molecule has 0 saturated carbocycles. The van der Waals surface area contributed by atoms with Gasteiger partial charge in [-0.3, -0.25) is 0 Å². The highest BCUT2D eigenvalue weighted by molar-refractivity contribution is 5.31. The molecular formula is C13H26N2. The molecule has 0 fully saturated rings. The number of rotatable bonds is 1. The summed E-state index contributed by atoms with van der Waals surface area (Å²) in [7, 11) is 0.